The second-order valence-electron chi connectivity index (χ2n) is 8.40. The Hall–Kier alpha value is -0.610. The topological polar surface area (TPSA) is 35.6 Å². The van der Waals surface area contributed by atoms with Gasteiger partial charge in [0.05, 0.1) is 6.04 Å². The molecule has 0 bridgehead atoms. The van der Waals surface area contributed by atoms with Crippen LogP contribution in [0.1, 0.15) is 66.2 Å². The molecule has 0 aromatic carbocycles. The van der Waals surface area contributed by atoms with E-state index in [0.29, 0.717) is 12.0 Å². The minimum Gasteiger partial charge on any atom is -0.353 e. The lowest BCUT2D eigenvalue weighted by atomic mass is 9.94. The SMILES string of the molecule is CC1CCN(C(CNC(=O)C(C)N2CCCCCC2)C(C)C)CC1. The van der Waals surface area contributed by atoms with Gasteiger partial charge in [0.1, 0.15) is 0 Å². The number of carbonyl (C=O) groups is 1. The maximum Gasteiger partial charge on any atom is 0.237 e. The number of amides is 1. The van der Waals surface area contributed by atoms with Crippen molar-refractivity contribution in [1.82, 2.24) is 15.1 Å². The Morgan fingerprint density at radius 1 is 0.958 bits per heavy atom. The van der Waals surface area contributed by atoms with Crippen molar-refractivity contribution in [2.45, 2.75) is 78.3 Å². The fraction of sp³-hybridized carbons (Fsp3) is 0.950. The number of hydrogen-bond acceptors (Lipinski definition) is 3. The Labute approximate surface area is 149 Å². The summed E-state index contributed by atoms with van der Waals surface area (Å²) in [4.78, 5) is 17.6. The van der Waals surface area contributed by atoms with Crippen LogP contribution in [0.3, 0.4) is 0 Å². The highest BCUT2D eigenvalue weighted by Crippen LogP contribution is 2.21. The quantitative estimate of drug-likeness (QED) is 0.809. The predicted molar refractivity (Wildman–Crippen MR) is 101 cm³/mol. The number of nitrogens with zero attached hydrogens (tertiary/aromatic N) is 2. The van der Waals surface area contributed by atoms with Crippen molar-refractivity contribution < 1.29 is 4.79 Å². The molecule has 0 aromatic heterocycles. The van der Waals surface area contributed by atoms with Crippen LogP contribution in [0, 0.1) is 11.8 Å². The Balaban J connectivity index is 1.82. The molecule has 0 radical (unpaired) electrons. The van der Waals surface area contributed by atoms with Gasteiger partial charge in [0.15, 0.2) is 0 Å². The van der Waals surface area contributed by atoms with Gasteiger partial charge in [0.2, 0.25) is 5.91 Å². The van der Waals surface area contributed by atoms with Crippen molar-refractivity contribution in [3.8, 4) is 0 Å². The van der Waals surface area contributed by atoms with E-state index in [1.165, 1.54) is 51.6 Å². The lowest BCUT2D eigenvalue weighted by Crippen LogP contribution is -2.52. The van der Waals surface area contributed by atoms with Crippen LogP contribution in [-0.2, 0) is 4.79 Å². The number of carbonyl (C=O) groups excluding carboxylic acids is 1. The van der Waals surface area contributed by atoms with Crippen LogP contribution in [0.2, 0.25) is 0 Å². The molecule has 24 heavy (non-hydrogen) atoms. The third-order valence-corrected chi connectivity index (χ3v) is 6.11. The van der Waals surface area contributed by atoms with E-state index in [2.05, 4.69) is 42.8 Å². The van der Waals surface area contributed by atoms with E-state index in [4.69, 9.17) is 0 Å². The van der Waals surface area contributed by atoms with Crippen LogP contribution < -0.4 is 5.32 Å². The van der Waals surface area contributed by atoms with Crippen molar-refractivity contribution >= 4 is 5.91 Å². The highest BCUT2D eigenvalue weighted by Gasteiger charge is 2.27. The van der Waals surface area contributed by atoms with Crippen molar-refractivity contribution in [1.29, 1.82) is 0 Å². The average molecular weight is 338 g/mol. The van der Waals surface area contributed by atoms with Crippen LogP contribution >= 0.6 is 0 Å². The third-order valence-electron chi connectivity index (χ3n) is 6.11. The second kappa shape index (κ2) is 9.76. The van der Waals surface area contributed by atoms with Gasteiger partial charge in [-0.1, -0.05) is 33.6 Å². The average Bonchev–Trinajstić information content (AvgIpc) is 2.84. The molecule has 2 unspecified atom stereocenters. The first-order valence-corrected chi connectivity index (χ1v) is 10.2. The largest absolute Gasteiger partial charge is 0.353 e. The molecule has 0 aliphatic carbocycles. The minimum atomic E-state index is 0.0114. The molecule has 4 heteroatoms. The molecular formula is C20H39N3O. The zero-order valence-corrected chi connectivity index (χ0v) is 16.4. The normalized spacial score (nSPS) is 24.5. The first kappa shape index (κ1) is 19.7. The highest BCUT2D eigenvalue weighted by molar-refractivity contribution is 5.81. The molecule has 1 N–H and O–H groups in total. The number of rotatable bonds is 6. The van der Waals surface area contributed by atoms with Crippen molar-refractivity contribution in [2.24, 2.45) is 11.8 Å². The number of hydrogen-bond donors (Lipinski definition) is 1. The van der Waals surface area contributed by atoms with Crippen molar-refractivity contribution in [3.63, 3.8) is 0 Å². The number of likely N-dealkylation sites (tertiary alicyclic amines) is 2. The van der Waals surface area contributed by atoms with E-state index in [-0.39, 0.29) is 11.9 Å². The van der Waals surface area contributed by atoms with E-state index in [1.807, 2.05) is 0 Å². The number of piperidine rings is 1. The number of nitrogens with one attached hydrogen (secondary N) is 1. The summed E-state index contributed by atoms with van der Waals surface area (Å²) in [6.45, 7) is 14.3. The molecule has 2 heterocycles. The summed E-state index contributed by atoms with van der Waals surface area (Å²) in [6, 6.07) is 0.482. The smallest absolute Gasteiger partial charge is 0.237 e. The van der Waals surface area contributed by atoms with E-state index >= 15 is 0 Å². The third kappa shape index (κ3) is 5.73. The molecule has 2 rings (SSSR count). The highest BCUT2D eigenvalue weighted by atomic mass is 16.2. The van der Waals surface area contributed by atoms with E-state index in [1.54, 1.807) is 0 Å². The van der Waals surface area contributed by atoms with Gasteiger partial charge < -0.3 is 5.32 Å². The summed E-state index contributed by atoms with van der Waals surface area (Å²) >= 11 is 0. The zero-order valence-electron chi connectivity index (χ0n) is 16.4. The molecule has 2 fully saturated rings. The van der Waals surface area contributed by atoms with Crippen molar-refractivity contribution in [2.75, 3.05) is 32.7 Å². The summed E-state index contributed by atoms with van der Waals surface area (Å²) in [6.07, 6.45) is 7.68. The first-order valence-electron chi connectivity index (χ1n) is 10.2. The van der Waals surface area contributed by atoms with Gasteiger partial charge in [-0.2, -0.15) is 0 Å². The molecule has 140 valence electrons. The molecule has 2 aliphatic heterocycles. The Morgan fingerprint density at radius 3 is 2.08 bits per heavy atom. The monoisotopic (exact) mass is 337 g/mol. The molecule has 0 saturated carbocycles. The van der Waals surface area contributed by atoms with Gasteiger partial charge in [-0.05, 0) is 70.6 Å². The maximum absolute atomic E-state index is 12.6. The second-order valence-corrected chi connectivity index (χ2v) is 8.40. The fourth-order valence-electron chi connectivity index (χ4n) is 4.15. The lowest BCUT2D eigenvalue weighted by Gasteiger charge is -2.39. The molecule has 4 nitrogen and oxygen atoms in total. The fourth-order valence-corrected chi connectivity index (χ4v) is 4.15. The first-order chi connectivity index (χ1) is 11.5. The van der Waals surface area contributed by atoms with Gasteiger partial charge in [0.25, 0.3) is 0 Å². The van der Waals surface area contributed by atoms with E-state index < -0.39 is 0 Å². The Kier molecular flexibility index (Phi) is 8.02. The Morgan fingerprint density at radius 2 is 1.54 bits per heavy atom. The van der Waals surface area contributed by atoms with Crippen molar-refractivity contribution in [3.05, 3.63) is 0 Å². The molecule has 0 aromatic rings. The Bertz CT molecular complexity index is 369. The minimum absolute atomic E-state index is 0.0114. The van der Waals surface area contributed by atoms with Gasteiger partial charge in [-0.15, -0.1) is 0 Å². The lowest BCUT2D eigenvalue weighted by molar-refractivity contribution is -0.126. The van der Waals surface area contributed by atoms with Crippen LogP contribution in [0.5, 0.6) is 0 Å². The maximum atomic E-state index is 12.6. The van der Waals surface area contributed by atoms with Crippen LogP contribution in [-0.4, -0.2) is 60.5 Å². The standard InChI is InChI=1S/C20H39N3O/c1-16(2)19(23-13-9-17(3)10-14-23)15-21-20(24)18(4)22-11-7-5-6-8-12-22/h16-19H,5-15H2,1-4H3,(H,21,24). The molecule has 0 spiro atoms. The van der Waals surface area contributed by atoms with Gasteiger partial charge in [0, 0.05) is 12.6 Å². The molecule has 2 atom stereocenters. The summed E-state index contributed by atoms with van der Waals surface area (Å²) in [5.74, 6) is 1.65. The van der Waals surface area contributed by atoms with E-state index in [0.717, 1.165) is 25.6 Å². The molecular weight excluding hydrogens is 298 g/mol. The van der Waals surface area contributed by atoms with E-state index in [9.17, 15) is 4.79 Å². The summed E-state index contributed by atoms with van der Waals surface area (Å²) in [7, 11) is 0. The summed E-state index contributed by atoms with van der Waals surface area (Å²) < 4.78 is 0. The summed E-state index contributed by atoms with van der Waals surface area (Å²) in [5.41, 5.74) is 0. The summed E-state index contributed by atoms with van der Waals surface area (Å²) in [5, 5.41) is 3.27. The van der Waals surface area contributed by atoms with Gasteiger partial charge in [-0.3, -0.25) is 14.6 Å². The van der Waals surface area contributed by atoms with Gasteiger partial charge >= 0.3 is 0 Å². The molecule has 2 aliphatic rings. The molecule has 1 amide bonds. The van der Waals surface area contributed by atoms with Crippen LogP contribution in [0.4, 0.5) is 0 Å². The van der Waals surface area contributed by atoms with Crippen LogP contribution in [0.25, 0.3) is 0 Å². The van der Waals surface area contributed by atoms with Gasteiger partial charge in [-0.25, -0.2) is 0 Å². The zero-order chi connectivity index (χ0) is 17.5. The predicted octanol–water partition coefficient (Wildman–Crippen LogP) is 3.12. The van der Waals surface area contributed by atoms with Crippen LogP contribution in [0.15, 0.2) is 0 Å². The molecule has 2 saturated heterocycles.